The maximum atomic E-state index is 13.0. The van der Waals surface area contributed by atoms with Crippen LogP contribution in [0.1, 0.15) is 18.4 Å². The number of piperazine rings is 1. The number of rotatable bonds is 3. The van der Waals surface area contributed by atoms with Crippen LogP contribution >= 0.6 is 11.3 Å². The molecule has 0 saturated carbocycles. The Labute approximate surface area is 180 Å². The molecule has 2 saturated heterocycles. The van der Waals surface area contributed by atoms with E-state index in [2.05, 4.69) is 52.9 Å². The van der Waals surface area contributed by atoms with Crippen LogP contribution in [0.25, 0.3) is 16.2 Å². The molecule has 2 aliphatic rings. The number of likely N-dealkylation sites (N-methyl/N-ethyl adjacent to an activating group) is 1. The number of nitrogens with zero attached hydrogens (tertiary/aromatic N) is 6. The van der Waals surface area contributed by atoms with Crippen molar-refractivity contribution in [2.45, 2.75) is 19.8 Å². The van der Waals surface area contributed by atoms with Crippen LogP contribution in [0.3, 0.4) is 0 Å². The van der Waals surface area contributed by atoms with Crippen LogP contribution < -0.4 is 4.90 Å². The summed E-state index contributed by atoms with van der Waals surface area (Å²) in [4.78, 5) is 25.3. The second-order valence-corrected chi connectivity index (χ2v) is 9.45. The number of aromatic nitrogens is 3. The third kappa shape index (κ3) is 3.81. The molecule has 158 valence electrons. The molecular weight excluding hydrogens is 396 g/mol. The molecule has 1 amide bonds. The number of fused-ring (bicyclic) bond motifs is 1. The number of hydrogen-bond donors (Lipinski definition) is 0. The van der Waals surface area contributed by atoms with E-state index in [1.54, 1.807) is 11.3 Å². The van der Waals surface area contributed by atoms with E-state index in [9.17, 15) is 4.79 Å². The first-order valence-electron chi connectivity index (χ1n) is 10.7. The summed E-state index contributed by atoms with van der Waals surface area (Å²) in [5.41, 5.74) is 3.30. The minimum absolute atomic E-state index is 0.0708. The number of anilines is 1. The zero-order chi connectivity index (χ0) is 20.7. The van der Waals surface area contributed by atoms with Crippen LogP contribution in [0, 0.1) is 12.8 Å². The molecule has 0 N–H and O–H groups in total. The summed E-state index contributed by atoms with van der Waals surface area (Å²) in [7, 11) is 2.12. The quantitative estimate of drug-likeness (QED) is 0.647. The zero-order valence-corrected chi connectivity index (χ0v) is 18.4. The van der Waals surface area contributed by atoms with Gasteiger partial charge in [-0.2, -0.15) is 0 Å². The van der Waals surface area contributed by atoms with Gasteiger partial charge < -0.3 is 14.7 Å². The van der Waals surface area contributed by atoms with Crippen LogP contribution in [0.2, 0.25) is 0 Å². The molecule has 30 heavy (non-hydrogen) atoms. The summed E-state index contributed by atoms with van der Waals surface area (Å²) < 4.78 is 1.88. The van der Waals surface area contributed by atoms with Crippen molar-refractivity contribution in [3.8, 4) is 11.3 Å². The Kier molecular flexibility index (Phi) is 5.20. The van der Waals surface area contributed by atoms with Gasteiger partial charge in [0.2, 0.25) is 16.0 Å². The highest BCUT2D eigenvalue weighted by atomic mass is 32.1. The molecule has 0 spiro atoms. The highest BCUT2D eigenvalue weighted by Crippen LogP contribution is 2.30. The first kappa shape index (κ1) is 19.5. The Bertz CT molecular complexity index is 1000. The molecule has 3 aromatic rings. The van der Waals surface area contributed by atoms with E-state index in [1.165, 1.54) is 5.56 Å². The van der Waals surface area contributed by atoms with E-state index in [1.807, 2.05) is 10.7 Å². The molecule has 1 aromatic carbocycles. The summed E-state index contributed by atoms with van der Waals surface area (Å²) in [5.74, 6) is 0.386. The predicted octanol–water partition coefficient (Wildman–Crippen LogP) is 2.76. The van der Waals surface area contributed by atoms with Crippen LogP contribution in [0.5, 0.6) is 0 Å². The Morgan fingerprint density at radius 2 is 1.87 bits per heavy atom. The van der Waals surface area contributed by atoms with E-state index in [0.29, 0.717) is 5.91 Å². The summed E-state index contributed by atoms with van der Waals surface area (Å²) in [6.07, 6.45) is 4.00. The SMILES string of the molecule is Cc1ccc(-c2cn3nc(N4CCC[C@@H](C(=O)N5CCN(C)CC5)C4)sc3n2)cc1. The van der Waals surface area contributed by atoms with Gasteiger partial charge >= 0.3 is 0 Å². The first-order chi connectivity index (χ1) is 14.6. The van der Waals surface area contributed by atoms with Crippen LogP contribution in [0.4, 0.5) is 5.13 Å². The zero-order valence-electron chi connectivity index (χ0n) is 17.6. The number of imidazole rings is 1. The normalized spacial score (nSPS) is 20.8. The van der Waals surface area contributed by atoms with Crippen molar-refractivity contribution in [2.24, 2.45) is 5.92 Å². The number of carbonyl (C=O) groups excluding carboxylic acids is 1. The van der Waals surface area contributed by atoms with Gasteiger partial charge in [0, 0.05) is 44.8 Å². The Hall–Kier alpha value is -2.45. The topological polar surface area (TPSA) is 57.0 Å². The van der Waals surface area contributed by atoms with Crippen molar-refractivity contribution in [3.05, 3.63) is 36.0 Å². The molecule has 4 heterocycles. The van der Waals surface area contributed by atoms with Crippen molar-refractivity contribution in [1.82, 2.24) is 24.4 Å². The average molecular weight is 425 g/mol. The molecule has 0 bridgehead atoms. The molecule has 5 rings (SSSR count). The summed E-state index contributed by atoms with van der Waals surface area (Å²) in [6, 6.07) is 8.41. The minimum Gasteiger partial charge on any atom is -0.346 e. The predicted molar refractivity (Wildman–Crippen MR) is 120 cm³/mol. The second kappa shape index (κ2) is 8.00. The summed E-state index contributed by atoms with van der Waals surface area (Å²) >= 11 is 1.61. The van der Waals surface area contributed by atoms with E-state index in [0.717, 1.165) is 73.5 Å². The highest BCUT2D eigenvalue weighted by molar-refractivity contribution is 7.20. The second-order valence-electron chi connectivity index (χ2n) is 8.52. The molecule has 0 radical (unpaired) electrons. The maximum Gasteiger partial charge on any atom is 0.227 e. The number of piperidine rings is 1. The van der Waals surface area contributed by atoms with E-state index < -0.39 is 0 Å². The molecule has 2 aromatic heterocycles. The monoisotopic (exact) mass is 424 g/mol. The Balaban J connectivity index is 1.29. The lowest BCUT2D eigenvalue weighted by atomic mass is 9.96. The molecule has 8 heteroatoms. The first-order valence-corrected chi connectivity index (χ1v) is 11.5. The van der Waals surface area contributed by atoms with Crippen molar-refractivity contribution >= 4 is 27.3 Å². The van der Waals surface area contributed by atoms with Crippen LogP contribution in [0.15, 0.2) is 30.5 Å². The van der Waals surface area contributed by atoms with Crippen molar-refractivity contribution < 1.29 is 4.79 Å². The highest BCUT2D eigenvalue weighted by Gasteiger charge is 2.31. The van der Waals surface area contributed by atoms with E-state index in [4.69, 9.17) is 10.1 Å². The summed E-state index contributed by atoms with van der Waals surface area (Å²) in [6.45, 7) is 7.42. The maximum absolute atomic E-state index is 13.0. The molecule has 1 atom stereocenters. The largest absolute Gasteiger partial charge is 0.346 e. The number of benzene rings is 1. The number of amides is 1. The van der Waals surface area contributed by atoms with Gasteiger partial charge in [0.1, 0.15) is 0 Å². The Morgan fingerprint density at radius 1 is 1.10 bits per heavy atom. The van der Waals surface area contributed by atoms with Crippen molar-refractivity contribution in [1.29, 1.82) is 0 Å². The van der Waals surface area contributed by atoms with Gasteiger partial charge in [0.15, 0.2) is 0 Å². The molecule has 7 nitrogen and oxygen atoms in total. The fourth-order valence-electron chi connectivity index (χ4n) is 4.32. The molecular formula is C22H28N6OS. The third-order valence-corrected chi connectivity index (χ3v) is 7.22. The van der Waals surface area contributed by atoms with Gasteiger partial charge in [-0.15, -0.1) is 5.10 Å². The third-order valence-electron chi connectivity index (χ3n) is 6.24. The van der Waals surface area contributed by atoms with Gasteiger partial charge in [-0.3, -0.25) is 4.79 Å². The van der Waals surface area contributed by atoms with Crippen molar-refractivity contribution in [3.63, 3.8) is 0 Å². The minimum atomic E-state index is 0.0708. The number of hydrogen-bond acceptors (Lipinski definition) is 6. The van der Waals surface area contributed by atoms with Gasteiger partial charge in [-0.1, -0.05) is 41.2 Å². The van der Waals surface area contributed by atoms with Gasteiger partial charge in [-0.05, 0) is 26.8 Å². The lowest BCUT2D eigenvalue weighted by Gasteiger charge is -2.37. The average Bonchev–Trinajstić information content (AvgIpc) is 3.34. The number of carbonyl (C=O) groups is 1. The molecule has 2 fully saturated rings. The van der Waals surface area contributed by atoms with Gasteiger partial charge in [0.05, 0.1) is 17.8 Å². The molecule has 0 aliphatic carbocycles. The standard InChI is InChI=1S/C22H28N6OS/c1-16-5-7-17(8-6-16)19-15-28-21(23-19)30-22(24-28)27-9-3-4-18(14-27)20(29)26-12-10-25(2)11-13-26/h5-8,15,18H,3-4,9-14H2,1-2H3/t18-/m1/s1. The lowest BCUT2D eigenvalue weighted by molar-refractivity contribution is -0.137. The van der Waals surface area contributed by atoms with Crippen LogP contribution in [-0.4, -0.2) is 76.6 Å². The molecule has 2 aliphatic heterocycles. The Morgan fingerprint density at radius 3 is 2.60 bits per heavy atom. The lowest BCUT2D eigenvalue weighted by Crippen LogP contribution is -2.51. The van der Waals surface area contributed by atoms with Crippen LogP contribution in [-0.2, 0) is 4.79 Å². The van der Waals surface area contributed by atoms with Crippen molar-refractivity contribution in [2.75, 3.05) is 51.2 Å². The smallest absolute Gasteiger partial charge is 0.227 e. The number of aryl methyl sites for hydroxylation is 1. The van der Waals surface area contributed by atoms with Gasteiger partial charge in [0.25, 0.3) is 0 Å². The fraction of sp³-hybridized carbons (Fsp3) is 0.500. The van der Waals surface area contributed by atoms with E-state index in [-0.39, 0.29) is 5.92 Å². The van der Waals surface area contributed by atoms with Gasteiger partial charge in [-0.25, -0.2) is 9.50 Å². The molecule has 0 unspecified atom stereocenters. The fourth-order valence-corrected chi connectivity index (χ4v) is 5.24. The van der Waals surface area contributed by atoms with E-state index >= 15 is 0 Å². The summed E-state index contributed by atoms with van der Waals surface area (Å²) in [5, 5.41) is 5.75.